The van der Waals surface area contributed by atoms with Crippen molar-refractivity contribution < 1.29 is 4.92 Å². The maximum Gasteiger partial charge on any atom is 0.274 e. The number of nitro benzene ring substituents is 1. The molecule has 72 valence electrons. The average Bonchev–Trinajstić information content (AvgIpc) is 2.59. The van der Waals surface area contributed by atoms with Crippen LogP contribution in [0.2, 0.25) is 0 Å². The molecular weight excluding hydrogens is 250 g/mol. The van der Waals surface area contributed by atoms with Gasteiger partial charge in [0.15, 0.2) is 0 Å². The van der Waals surface area contributed by atoms with Gasteiger partial charge in [-0.2, -0.15) is 5.10 Å². The molecule has 2 aromatic rings. The summed E-state index contributed by atoms with van der Waals surface area (Å²) in [6.07, 6.45) is 1.59. The summed E-state index contributed by atoms with van der Waals surface area (Å²) in [7, 11) is 0. The second-order valence-electron chi connectivity index (χ2n) is 2.92. The zero-order valence-electron chi connectivity index (χ0n) is 7.24. The molecule has 1 heterocycles. The Labute approximate surface area is 87.4 Å². The maximum absolute atomic E-state index is 10.7. The van der Waals surface area contributed by atoms with Gasteiger partial charge >= 0.3 is 0 Å². The second kappa shape index (κ2) is 3.06. The number of hydrogen-bond donors (Lipinski definition) is 1. The Morgan fingerprint density at radius 2 is 2.36 bits per heavy atom. The smallest absolute Gasteiger partial charge is 0.274 e. The number of benzene rings is 1. The molecule has 1 aromatic carbocycles. The van der Waals surface area contributed by atoms with Gasteiger partial charge in [-0.05, 0) is 22.9 Å². The van der Waals surface area contributed by atoms with E-state index < -0.39 is 4.92 Å². The van der Waals surface area contributed by atoms with Gasteiger partial charge in [0.25, 0.3) is 5.69 Å². The molecule has 0 radical (unpaired) electrons. The van der Waals surface area contributed by atoms with Crippen molar-refractivity contribution in [2.75, 3.05) is 0 Å². The highest BCUT2D eigenvalue weighted by Crippen LogP contribution is 2.31. The van der Waals surface area contributed by atoms with Gasteiger partial charge in [-0.25, -0.2) is 0 Å². The lowest BCUT2D eigenvalue weighted by Gasteiger charge is -1.99. The number of aryl methyl sites for hydroxylation is 1. The highest BCUT2D eigenvalue weighted by atomic mass is 79.9. The predicted molar refractivity (Wildman–Crippen MR) is 55.2 cm³/mol. The predicted octanol–water partition coefficient (Wildman–Crippen LogP) is 2.54. The molecule has 0 aliphatic rings. The quantitative estimate of drug-likeness (QED) is 0.629. The molecule has 0 aliphatic heterocycles. The molecule has 14 heavy (non-hydrogen) atoms. The minimum atomic E-state index is -0.396. The van der Waals surface area contributed by atoms with E-state index >= 15 is 0 Å². The van der Waals surface area contributed by atoms with E-state index in [0.717, 1.165) is 10.9 Å². The first-order valence-corrected chi connectivity index (χ1v) is 4.67. The van der Waals surface area contributed by atoms with Crippen LogP contribution in [0.1, 0.15) is 5.56 Å². The lowest BCUT2D eigenvalue weighted by Crippen LogP contribution is -1.92. The van der Waals surface area contributed by atoms with Crippen LogP contribution in [0.3, 0.4) is 0 Å². The Morgan fingerprint density at radius 3 is 3.00 bits per heavy atom. The van der Waals surface area contributed by atoms with Crippen LogP contribution in [-0.4, -0.2) is 15.1 Å². The van der Waals surface area contributed by atoms with Crippen molar-refractivity contribution >= 4 is 32.5 Å². The molecule has 2 rings (SSSR count). The molecule has 5 nitrogen and oxygen atoms in total. The molecule has 0 fully saturated rings. The van der Waals surface area contributed by atoms with E-state index in [4.69, 9.17) is 0 Å². The van der Waals surface area contributed by atoms with Crippen LogP contribution in [0.4, 0.5) is 5.69 Å². The third-order valence-electron chi connectivity index (χ3n) is 2.13. The Balaban J connectivity index is 2.88. The summed E-state index contributed by atoms with van der Waals surface area (Å²) in [5.74, 6) is 0. The van der Waals surface area contributed by atoms with Crippen LogP contribution in [-0.2, 0) is 0 Å². The van der Waals surface area contributed by atoms with Crippen LogP contribution in [0.25, 0.3) is 10.9 Å². The van der Waals surface area contributed by atoms with Crippen LogP contribution in [0.15, 0.2) is 16.7 Å². The normalized spacial score (nSPS) is 10.7. The Kier molecular flexibility index (Phi) is 1.99. The third kappa shape index (κ3) is 1.19. The number of nitro groups is 1. The highest BCUT2D eigenvalue weighted by Gasteiger charge is 2.16. The number of aromatic nitrogens is 2. The fourth-order valence-electron chi connectivity index (χ4n) is 1.38. The van der Waals surface area contributed by atoms with Crippen molar-refractivity contribution in [3.05, 3.63) is 32.4 Å². The maximum atomic E-state index is 10.7. The van der Waals surface area contributed by atoms with Gasteiger partial charge in [0, 0.05) is 17.0 Å². The summed E-state index contributed by atoms with van der Waals surface area (Å²) in [6, 6.07) is 1.48. The molecule has 0 unspecified atom stereocenters. The summed E-state index contributed by atoms with van der Waals surface area (Å²) >= 11 is 3.25. The van der Waals surface area contributed by atoms with E-state index in [1.807, 2.05) is 0 Å². The second-order valence-corrected chi connectivity index (χ2v) is 3.77. The molecule has 0 saturated heterocycles. The fraction of sp³-hybridized carbons (Fsp3) is 0.125. The molecule has 0 atom stereocenters. The zero-order chi connectivity index (χ0) is 10.3. The number of halogens is 1. The van der Waals surface area contributed by atoms with E-state index in [1.54, 1.807) is 13.1 Å². The van der Waals surface area contributed by atoms with Gasteiger partial charge in [-0.15, -0.1) is 0 Å². The number of H-pyrrole nitrogens is 1. The monoisotopic (exact) mass is 255 g/mol. The zero-order valence-corrected chi connectivity index (χ0v) is 8.83. The molecule has 0 aliphatic carbocycles. The van der Waals surface area contributed by atoms with Gasteiger partial charge < -0.3 is 0 Å². The SMILES string of the molecule is Cc1c([N+](=O)[O-])cc(Br)c2[nH]ncc12. The van der Waals surface area contributed by atoms with E-state index in [0.29, 0.717) is 10.0 Å². The van der Waals surface area contributed by atoms with Gasteiger partial charge in [0.2, 0.25) is 0 Å². The standard InChI is InChI=1S/C8H6BrN3O2/c1-4-5-3-10-11-8(5)6(9)2-7(4)12(13)14/h2-3H,1H3,(H,10,11). The Hall–Kier alpha value is -1.43. The van der Waals surface area contributed by atoms with Gasteiger partial charge in [-0.1, -0.05) is 0 Å². The molecule has 6 heteroatoms. The molecule has 0 saturated carbocycles. The van der Waals surface area contributed by atoms with Crippen molar-refractivity contribution in [1.29, 1.82) is 0 Å². The van der Waals surface area contributed by atoms with Gasteiger partial charge in [0.05, 0.1) is 21.1 Å². The number of rotatable bonds is 1. The molecule has 1 aromatic heterocycles. The Bertz CT molecular complexity index is 521. The van der Waals surface area contributed by atoms with Crippen LogP contribution < -0.4 is 0 Å². The van der Waals surface area contributed by atoms with Crippen LogP contribution in [0, 0.1) is 17.0 Å². The van der Waals surface area contributed by atoms with E-state index in [2.05, 4.69) is 26.1 Å². The average molecular weight is 256 g/mol. The van der Waals surface area contributed by atoms with Crippen LogP contribution >= 0.6 is 15.9 Å². The summed E-state index contributed by atoms with van der Waals surface area (Å²) in [6.45, 7) is 1.71. The molecule has 1 N–H and O–H groups in total. The summed E-state index contributed by atoms with van der Waals surface area (Å²) in [5, 5.41) is 18.1. The van der Waals surface area contributed by atoms with E-state index in [-0.39, 0.29) is 5.69 Å². The molecular formula is C8H6BrN3O2. The van der Waals surface area contributed by atoms with Crippen molar-refractivity contribution in [2.24, 2.45) is 0 Å². The number of aromatic amines is 1. The van der Waals surface area contributed by atoms with Crippen molar-refractivity contribution in [3.63, 3.8) is 0 Å². The van der Waals surface area contributed by atoms with E-state index in [1.165, 1.54) is 6.07 Å². The Morgan fingerprint density at radius 1 is 1.64 bits per heavy atom. The van der Waals surface area contributed by atoms with Crippen LogP contribution in [0.5, 0.6) is 0 Å². The summed E-state index contributed by atoms with van der Waals surface area (Å²) < 4.78 is 0.655. The first kappa shape index (κ1) is 9.14. The summed E-state index contributed by atoms with van der Waals surface area (Å²) in [4.78, 5) is 10.3. The minimum Gasteiger partial charge on any atom is -0.277 e. The van der Waals surface area contributed by atoms with Gasteiger partial charge in [0.1, 0.15) is 0 Å². The third-order valence-corrected chi connectivity index (χ3v) is 2.75. The minimum absolute atomic E-state index is 0.103. The first-order chi connectivity index (χ1) is 6.61. The molecule has 0 amide bonds. The highest BCUT2D eigenvalue weighted by molar-refractivity contribution is 9.10. The number of fused-ring (bicyclic) bond motifs is 1. The lowest BCUT2D eigenvalue weighted by atomic mass is 10.1. The first-order valence-electron chi connectivity index (χ1n) is 3.88. The van der Waals surface area contributed by atoms with Crippen molar-refractivity contribution in [1.82, 2.24) is 10.2 Å². The van der Waals surface area contributed by atoms with Crippen molar-refractivity contribution in [2.45, 2.75) is 6.92 Å². The van der Waals surface area contributed by atoms with Crippen molar-refractivity contribution in [3.8, 4) is 0 Å². The number of hydrogen-bond acceptors (Lipinski definition) is 3. The van der Waals surface area contributed by atoms with Gasteiger partial charge in [-0.3, -0.25) is 15.2 Å². The molecule has 0 spiro atoms. The number of nitrogens with zero attached hydrogens (tertiary/aromatic N) is 2. The largest absolute Gasteiger partial charge is 0.277 e. The summed E-state index contributed by atoms with van der Waals surface area (Å²) in [5.41, 5.74) is 1.51. The molecule has 0 bridgehead atoms. The lowest BCUT2D eigenvalue weighted by molar-refractivity contribution is -0.385. The van der Waals surface area contributed by atoms with E-state index in [9.17, 15) is 10.1 Å². The topological polar surface area (TPSA) is 71.8 Å². The number of nitrogens with one attached hydrogen (secondary N) is 1. The fourth-order valence-corrected chi connectivity index (χ4v) is 1.90.